The number of benzene rings is 2. The third kappa shape index (κ3) is 4.79. The Morgan fingerprint density at radius 3 is 2.46 bits per heavy atom. The molecule has 0 spiro atoms. The quantitative estimate of drug-likeness (QED) is 0.793. The fraction of sp³-hybridized carbons (Fsp3) is 0.333. The van der Waals surface area contributed by atoms with Crippen LogP contribution in [0.15, 0.2) is 48.5 Å². The lowest BCUT2D eigenvalue weighted by Gasteiger charge is -2.22. The number of carbonyl (C=O) groups is 2. The molecule has 0 aliphatic carbocycles. The highest BCUT2D eigenvalue weighted by Crippen LogP contribution is 2.19. The van der Waals surface area contributed by atoms with Crippen molar-refractivity contribution in [3.05, 3.63) is 59.9 Å². The van der Waals surface area contributed by atoms with Crippen molar-refractivity contribution in [1.82, 2.24) is 9.80 Å². The van der Waals surface area contributed by atoms with Crippen molar-refractivity contribution < 1.29 is 23.5 Å². The SMILES string of the molecule is COc1cccc(OCC(=O)N2CCCN(C(=O)c3ccccc3F)CC2)c1. The van der Waals surface area contributed by atoms with E-state index in [4.69, 9.17) is 9.47 Å². The van der Waals surface area contributed by atoms with Crippen molar-refractivity contribution in [1.29, 1.82) is 0 Å². The predicted molar refractivity (Wildman–Crippen MR) is 102 cm³/mol. The first-order valence-corrected chi connectivity index (χ1v) is 9.17. The molecule has 0 bridgehead atoms. The molecule has 3 rings (SSSR count). The molecule has 0 unspecified atom stereocenters. The molecule has 0 aromatic heterocycles. The van der Waals surface area contributed by atoms with Crippen LogP contribution in [0.25, 0.3) is 0 Å². The summed E-state index contributed by atoms with van der Waals surface area (Å²) in [5, 5.41) is 0. The zero-order valence-corrected chi connectivity index (χ0v) is 15.8. The van der Waals surface area contributed by atoms with Gasteiger partial charge in [0.25, 0.3) is 11.8 Å². The van der Waals surface area contributed by atoms with E-state index in [1.165, 1.54) is 12.1 Å². The van der Waals surface area contributed by atoms with Crippen LogP contribution >= 0.6 is 0 Å². The summed E-state index contributed by atoms with van der Waals surface area (Å²) >= 11 is 0. The standard InChI is InChI=1S/C21H23FN2O4/c1-27-16-6-4-7-17(14-16)28-15-20(25)23-10-5-11-24(13-12-23)21(26)18-8-2-3-9-19(18)22/h2-4,6-9,14H,5,10-13,15H2,1H3. The number of carbonyl (C=O) groups excluding carboxylic acids is 2. The number of halogens is 1. The summed E-state index contributed by atoms with van der Waals surface area (Å²) in [6, 6.07) is 13.0. The molecular formula is C21H23FN2O4. The first-order valence-electron chi connectivity index (χ1n) is 9.17. The van der Waals surface area contributed by atoms with Gasteiger partial charge in [-0.3, -0.25) is 9.59 Å². The van der Waals surface area contributed by atoms with Gasteiger partial charge >= 0.3 is 0 Å². The normalized spacial score (nSPS) is 14.4. The van der Waals surface area contributed by atoms with Gasteiger partial charge in [-0.2, -0.15) is 0 Å². The van der Waals surface area contributed by atoms with Crippen LogP contribution < -0.4 is 9.47 Å². The minimum absolute atomic E-state index is 0.0589. The average Bonchev–Trinajstić information content (AvgIpc) is 2.98. The zero-order chi connectivity index (χ0) is 19.9. The van der Waals surface area contributed by atoms with Gasteiger partial charge in [0.2, 0.25) is 0 Å². The van der Waals surface area contributed by atoms with Crippen LogP contribution in [0.1, 0.15) is 16.8 Å². The van der Waals surface area contributed by atoms with Crippen molar-refractivity contribution in [3.8, 4) is 11.5 Å². The van der Waals surface area contributed by atoms with Crippen molar-refractivity contribution in [3.63, 3.8) is 0 Å². The van der Waals surface area contributed by atoms with Gasteiger partial charge in [0, 0.05) is 32.2 Å². The Kier molecular flexibility index (Phi) is 6.47. The summed E-state index contributed by atoms with van der Waals surface area (Å²) in [5.41, 5.74) is 0.0589. The molecule has 2 aromatic rings. The van der Waals surface area contributed by atoms with Gasteiger partial charge in [0.15, 0.2) is 6.61 Å². The van der Waals surface area contributed by atoms with Crippen LogP contribution in [-0.2, 0) is 4.79 Å². The lowest BCUT2D eigenvalue weighted by Crippen LogP contribution is -2.39. The van der Waals surface area contributed by atoms with E-state index in [0.29, 0.717) is 44.1 Å². The molecular weight excluding hydrogens is 363 g/mol. The molecule has 28 heavy (non-hydrogen) atoms. The molecule has 1 heterocycles. The van der Waals surface area contributed by atoms with E-state index in [9.17, 15) is 14.0 Å². The third-order valence-corrected chi connectivity index (χ3v) is 4.64. The lowest BCUT2D eigenvalue weighted by molar-refractivity contribution is -0.133. The molecule has 1 aliphatic rings. The van der Waals surface area contributed by atoms with Crippen LogP contribution in [0.5, 0.6) is 11.5 Å². The maximum atomic E-state index is 13.9. The average molecular weight is 386 g/mol. The van der Waals surface area contributed by atoms with Crippen LogP contribution in [0, 0.1) is 5.82 Å². The molecule has 1 saturated heterocycles. The maximum Gasteiger partial charge on any atom is 0.260 e. The minimum atomic E-state index is -0.531. The van der Waals surface area contributed by atoms with E-state index in [1.54, 1.807) is 53.3 Å². The fourth-order valence-electron chi connectivity index (χ4n) is 3.10. The number of ether oxygens (including phenoxy) is 2. The van der Waals surface area contributed by atoms with E-state index in [1.807, 2.05) is 0 Å². The molecule has 0 saturated carbocycles. The summed E-state index contributed by atoms with van der Waals surface area (Å²) in [4.78, 5) is 28.3. The molecule has 2 aromatic carbocycles. The van der Waals surface area contributed by atoms with Gasteiger partial charge in [-0.05, 0) is 30.7 Å². The largest absolute Gasteiger partial charge is 0.497 e. The number of rotatable bonds is 5. The number of methoxy groups -OCH3 is 1. The molecule has 2 amide bonds. The smallest absolute Gasteiger partial charge is 0.260 e. The second-order valence-electron chi connectivity index (χ2n) is 6.47. The summed E-state index contributed by atoms with van der Waals surface area (Å²) < 4.78 is 24.6. The minimum Gasteiger partial charge on any atom is -0.497 e. The van der Waals surface area contributed by atoms with Crippen molar-refractivity contribution in [2.75, 3.05) is 39.9 Å². The van der Waals surface area contributed by atoms with Gasteiger partial charge in [-0.1, -0.05) is 18.2 Å². The van der Waals surface area contributed by atoms with Crippen LogP contribution in [0.4, 0.5) is 4.39 Å². The van der Waals surface area contributed by atoms with Gasteiger partial charge in [-0.25, -0.2) is 4.39 Å². The van der Waals surface area contributed by atoms with E-state index < -0.39 is 5.82 Å². The second-order valence-corrected chi connectivity index (χ2v) is 6.47. The Balaban J connectivity index is 1.55. The first kappa shape index (κ1) is 19.7. The topological polar surface area (TPSA) is 59.1 Å². The Morgan fingerprint density at radius 1 is 0.964 bits per heavy atom. The Labute approximate surface area is 163 Å². The lowest BCUT2D eigenvalue weighted by atomic mass is 10.2. The summed E-state index contributed by atoms with van der Waals surface area (Å²) in [6.07, 6.45) is 0.630. The number of hydrogen-bond acceptors (Lipinski definition) is 4. The highest BCUT2D eigenvalue weighted by Gasteiger charge is 2.24. The number of nitrogens with zero attached hydrogens (tertiary/aromatic N) is 2. The van der Waals surface area contributed by atoms with E-state index in [2.05, 4.69) is 0 Å². The maximum absolute atomic E-state index is 13.9. The van der Waals surface area contributed by atoms with Crippen LogP contribution in [0.3, 0.4) is 0 Å². The summed E-state index contributed by atoms with van der Waals surface area (Å²) in [6.45, 7) is 1.67. The van der Waals surface area contributed by atoms with E-state index >= 15 is 0 Å². The third-order valence-electron chi connectivity index (χ3n) is 4.64. The molecule has 0 N–H and O–H groups in total. The second kappa shape index (κ2) is 9.21. The summed E-state index contributed by atoms with van der Waals surface area (Å²) in [7, 11) is 1.57. The van der Waals surface area contributed by atoms with Crippen molar-refractivity contribution in [2.45, 2.75) is 6.42 Å². The van der Waals surface area contributed by atoms with Crippen LogP contribution in [-0.4, -0.2) is 61.5 Å². The zero-order valence-electron chi connectivity index (χ0n) is 15.8. The van der Waals surface area contributed by atoms with Crippen LogP contribution in [0.2, 0.25) is 0 Å². The van der Waals surface area contributed by atoms with E-state index in [0.717, 1.165) is 0 Å². The monoisotopic (exact) mass is 386 g/mol. The predicted octanol–water partition coefficient (Wildman–Crippen LogP) is 2.59. The van der Waals surface area contributed by atoms with E-state index in [-0.39, 0.29) is 24.0 Å². The molecule has 148 valence electrons. The molecule has 1 aliphatic heterocycles. The molecule has 1 fully saturated rings. The van der Waals surface area contributed by atoms with Gasteiger partial charge in [0.05, 0.1) is 12.7 Å². The van der Waals surface area contributed by atoms with Gasteiger partial charge < -0.3 is 19.3 Å². The fourth-order valence-corrected chi connectivity index (χ4v) is 3.10. The van der Waals surface area contributed by atoms with Gasteiger partial charge in [0.1, 0.15) is 17.3 Å². The van der Waals surface area contributed by atoms with Gasteiger partial charge in [-0.15, -0.1) is 0 Å². The molecule has 0 atom stereocenters. The molecule has 7 heteroatoms. The van der Waals surface area contributed by atoms with Crippen molar-refractivity contribution >= 4 is 11.8 Å². The first-order chi connectivity index (χ1) is 13.6. The Morgan fingerprint density at radius 2 is 1.68 bits per heavy atom. The number of amides is 2. The Hall–Kier alpha value is -3.09. The summed E-state index contributed by atoms with van der Waals surface area (Å²) in [5.74, 6) is 0.181. The molecule has 6 nitrogen and oxygen atoms in total. The Bertz CT molecular complexity index is 843. The van der Waals surface area contributed by atoms with Crippen molar-refractivity contribution in [2.24, 2.45) is 0 Å². The molecule has 0 radical (unpaired) electrons. The number of hydrogen-bond donors (Lipinski definition) is 0. The highest BCUT2D eigenvalue weighted by atomic mass is 19.1. The highest BCUT2D eigenvalue weighted by molar-refractivity contribution is 5.94.